The zero-order valence-electron chi connectivity index (χ0n) is 17.4. The number of halogens is 3. The van der Waals surface area contributed by atoms with Gasteiger partial charge in [-0.3, -0.25) is 4.99 Å². The lowest BCUT2D eigenvalue weighted by Gasteiger charge is -2.18. The molecule has 1 fully saturated rings. The van der Waals surface area contributed by atoms with Gasteiger partial charge in [0.25, 0.3) is 0 Å². The number of hydrogen-bond donors (Lipinski definition) is 2. The Bertz CT molecular complexity index is 827. The Balaban J connectivity index is 0.00000320. The van der Waals surface area contributed by atoms with E-state index in [0.29, 0.717) is 12.5 Å². The number of benzene rings is 1. The van der Waals surface area contributed by atoms with Crippen LogP contribution in [0, 0.1) is 17.6 Å². The summed E-state index contributed by atoms with van der Waals surface area (Å²) in [4.78, 5) is 6.79. The Morgan fingerprint density at radius 3 is 2.80 bits per heavy atom. The van der Waals surface area contributed by atoms with Crippen molar-refractivity contribution < 1.29 is 8.78 Å². The molecule has 1 aliphatic heterocycles. The molecule has 7 nitrogen and oxygen atoms in total. The Morgan fingerprint density at radius 1 is 1.23 bits per heavy atom. The van der Waals surface area contributed by atoms with Crippen molar-refractivity contribution in [3.63, 3.8) is 0 Å². The first-order chi connectivity index (χ1) is 14.1. The van der Waals surface area contributed by atoms with Crippen LogP contribution in [0.1, 0.15) is 26.1 Å². The molecule has 0 radical (unpaired) electrons. The van der Waals surface area contributed by atoms with Gasteiger partial charge in [-0.25, -0.2) is 8.78 Å². The van der Waals surface area contributed by atoms with Crippen LogP contribution in [0.4, 0.5) is 14.5 Å². The van der Waals surface area contributed by atoms with Crippen molar-refractivity contribution in [2.75, 3.05) is 37.6 Å². The highest BCUT2D eigenvalue weighted by molar-refractivity contribution is 14.0. The first-order valence-corrected chi connectivity index (χ1v) is 10.2. The second-order valence-corrected chi connectivity index (χ2v) is 7.14. The van der Waals surface area contributed by atoms with Gasteiger partial charge in [0.15, 0.2) is 17.6 Å². The number of hydrogen-bond acceptors (Lipinski definition) is 4. The highest BCUT2D eigenvalue weighted by atomic mass is 127. The van der Waals surface area contributed by atoms with E-state index >= 15 is 0 Å². The Morgan fingerprint density at radius 2 is 2.07 bits per heavy atom. The molecule has 2 N–H and O–H groups in total. The van der Waals surface area contributed by atoms with Gasteiger partial charge in [0.1, 0.15) is 12.2 Å². The predicted octanol–water partition coefficient (Wildman–Crippen LogP) is 2.82. The third kappa shape index (κ3) is 6.51. The maximum absolute atomic E-state index is 13.5. The van der Waals surface area contributed by atoms with Gasteiger partial charge in [0.05, 0.1) is 0 Å². The molecule has 10 heteroatoms. The van der Waals surface area contributed by atoms with Crippen LogP contribution >= 0.6 is 24.0 Å². The number of guanidine groups is 1. The molecule has 30 heavy (non-hydrogen) atoms. The Kier molecular flexibility index (Phi) is 9.73. The van der Waals surface area contributed by atoms with E-state index in [-0.39, 0.29) is 24.0 Å². The molecule has 1 aromatic heterocycles. The van der Waals surface area contributed by atoms with Crippen molar-refractivity contribution in [1.82, 2.24) is 25.4 Å². The summed E-state index contributed by atoms with van der Waals surface area (Å²) in [7, 11) is 0. The molecular weight excluding hydrogens is 503 g/mol. The fourth-order valence-electron chi connectivity index (χ4n) is 3.49. The first-order valence-electron chi connectivity index (χ1n) is 10.2. The summed E-state index contributed by atoms with van der Waals surface area (Å²) in [5.41, 5.74) is 0.723. The van der Waals surface area contributed by atoms with Crippen molar-refractivity contribution >= 4 is 35.6 Å². The van der Waals surface area contributed by atoms with Gasteiger partial charge < -0.3 is 20.1 Å². The number of nitrogens with one attached hydrogen (secondary N) is 2. The average Bonchev–Trinajstić information content (AvgIpc) is 3.37. The van der Waals surface area contributed by atoms with Crippen LogP contribution < -0.4 is 15.5 Å². The van der Waals surface area contributed by atoms with Crippen LogP contribution in [0.15, 0.2) is 29.5 Å². The van der Waals surface area contributed by atoms with Crippen LogP contribution in [0.2, 0.25) is 0 Å². The monoisotopic (exact) mass is 533 g/mol. The van der Waals surface area contributed by atoms with E-state index in [2.05, 4.69) is 32.7 Å². The highest BCUT2D eigenvalue weighted by Crippen LogP contribution is 2.25. The average molecular weight is 533 g/mol. The van der Waals surface area contributed by atoms with Crippen LogP contribution in [0.25, 0.3) is 0 Å². The molecule has 0 bridgehead atoms. The van der Waals surface area contributed by atoms with Crippen LogP contribution in [0.5, 0.6) is 0 Å². The second kappa shape index (κ2) is 12.0. The summed E-state index contributed by atoms with van der Waals surface area (Å²) in [6.45, 7) is 8.66. The molecule has 1 aliphatic rings. The van der Waals surface area contributed by atoms with E-state index in [0.717, 1.165) is 63.0 Å². The number of aliphatic imine (C=N–C) groups is 1. The van der Waals surface area contributed by atoms with E-state index in [4.69, 9.17) is 4.99 Å². The van der Waals surface area contributed by atoms with E-state index in [1.54, 1.807) is 12.4 Å². The molecule has 3 rings (SSSR count). The van der Waals surface area contributed by atoms with Crippen LogP contribution in [-0.2, 0) is 13.0 Å². The van der Waals surface area contributed by atoms with Crippen molar-refractivity contribution in [2.24, 2.45) is 10.9 Å². The molecule has 0 spiro atoms. The predicted molar refractivity (Wildman–Crippen MR) is 125 cm³/mol. The maximum atomic E-state index is 13.5. The van der Waals surface area contributed by atoms with E-state index in [1.165, 1.54) is 12.1 Å². The fraction of sp³-hybridized carbons (Fsp3) is 0.550. The summed E-state index contributed by atoms with van der Waals surface area (Å²) in [5, 5.41) is 14.7. The zero-order valence-corrected chi connectivity index (χ0v) is 19.8. The zero-order chi connectivity index (χ0) is 20.6. The lowest BCUT2D eigenvalue weighted by atomic mass is 10.1. The molecule has 1 unspecified atom stereocenters. The summed E-state index contributed by atoms with van der Waals surface area (Å²) >= 11 is 0. The summed E-state index contributed by atoms with van der Waals surface area (Å²) in [6, 6.07) is 4.08. The van der Waals surface area contributed by atoms with Crippen LogP contribution in [-0.4, -0.2) is 53.4 Å². The lowest BCUT2D eigenvalue weighted by Crippen LogP contribution is -2.39. The third-order valence-corrected chi connectivity index (χ3v) is 5.06. The van der Waals surface area contributed by atoms with Crippen molar-refractivity contribution in [3.8, 4) is 0 Å². The molecule has 2 heterocycles. The molecule has 1 atom stereocenters. The van der Waals surface area contributed by atoms with Crippen molar-refractivity contribution in [2.45, 2.75) is 33.2 Å². The highest BCUT2D eigenvalue weighted by Gasteiger charge is 2.23. The molecular formula is C20H30F2IN7. The molecule has 1 saturated heterocycles. The standard InChI is InChI=1S/C20H29F2N7.HI/c1-3-19-27-26-14-29(19)10-8-24-20(23-4-2)25-12-15-7-9-28(13-15)16-5-6-17(21)18(22)11-16;/h5-6,11,14-15H,3-4,7-10,12-13H2,1-2H3,(H2,23,24,25);1H. The summed E-state index contributed by atoms with van der Waals surface area (Å²) in [6.07, 6.45) is 3.57. The fourth-order valence-corrected chi connectivity index (χ4v) is 3.49. The summed E-state index contributed by atoms with van der Waals surface area (Å²) in [5.74, 6) is 0.514. The van der Waals surface area contributed by atoms with Gasteiger partial charge in [-0.1, -0.05) is 6.92 Å². The topological polar surface area (TPSA) is 70.4 Å². The van der Waals surface area contributed by atoms with Gasteiger partial charge >= 0.3 is 0 Å². The third-order valence-electron chi connectivity index (χ3n) is 5.06. The normalized spacial score (nSPS) is 16.5. The van der Waals surface area contributed by atoms with E-state index in [1.807, 2.05) is 11.5 Å². The number of rotatable bonds is 8. The lowest BCUT2D eigenvalue weighted by molar-refractivity contribution is 0.508. The van der Waals surface area contributed by atoms with Gasteiger partial charge in [-0.05, 0) is 31.4 Å². The number of anilines is 1. The molecule has 0 aliphatic carbocycles. The molecule has 0 saturated carbocycles. The second-order valence-electron chi connectivity index (χ2n) is 7.14. The first kappa shape index (κ1) is 24.3. The van der Waals surface area contributed by atoms with Gasteiger partial charge in [0.2, 0.25) is 0 Å². The maximum Gasteiger partial charge on any atom is 0.191 e. The van der Waals surface area contributed by atoms with Gasteiger partial charge in [0, 0.05) is 57.4 Å². The van der Waals surface area contributed by atoms with Crippen LogP contribution in [0.3, 0.4) is 0 Å². The van der Waals surface area contributed by atoms with E-state index < -0.39 is 11.6 Å². The quantitative estimate of drug-likeness (QED) is 0.311. The number of aromatic nitrogens is 3. The number of aryl methyl sites for hydroxylation is 1. The molecule has 166 valence electrons. The molecule has 0 amide bonds. The largest absolute Gasteiger partial charge is 0.371 e. The minimum Gasteiger partial charge on any atom is -0.371 e. The SMILES string of the molecule is CCNC(=NCC1CCN(c2ccc(F)c(F)c2)C1)NCCn1cnnc1CC.I. The minimum atomic E-state index is -0.812. The number of nitrogens with zero attached hydrogens (tertiary/aromatic N) is 5. The Labute approximate surface area is 193 Å². The van der Waals surface area contributed by atoms with Crippen molar-refractivity contribution in [1.29, 1.82) is 0 Å². The van der Waals surface area contributed by atoms with Gasteiger partial charge in [-0.15, -0.1) is 34.2 Å². The molecule has 1 aromatic carbocycles. The van der Waals surface area contributed by atoms with E-state index in [9.17, 15) is 8.78 Å². The van der Waals surface area contributed by atoms with Crippen molar-refractivity contribution in [3.05, 3.63) is 42.0 Å². The summed E-state index contributed by atoms with van der Waals surface area (Å²) < 4.78 is 28.7. The Hall–Kier alpha value is -1.98. The van der Waals surface area contributed by atoms with Gasteiger partial charge in [-0.2, -0.15) is 0 Å². The smallest absolute Gasteiger partial charge is 0.191 e. The minimum absolute atomic E-state index is 0. The molecule has 2 aromatic rings.